The highest BCUT2D eigenvalue weighted by atomic mass is 32.1. The number of amides is 1. The Kier molecular flexibility index (Phi) is 8.04. The smallest absolute Gasteiger partial charge is 0.293 e. The number of ether oxygens (including phenoxy) is 1. The number of aryl methyl sites for hydroxylation is 2. The molecule has 4 aromatic rings. The van der Waals surface area contributed by atoms with Gasteiger partial charge in [-0.3, -0.25) is 14.5 Å². The summed E-state index contributed by atoms with van der Waals surface area (Å²) in [6.45, 7) is 7.40. The van der Waals surface area contributed by atoms with Crippen molar-refractivity contribution in [2.45, 2.75) is 38.8 Å². The van der Waals surface area contributed by atoms with Crippen LogP contribution in [0.1, 0.15) is 29.5 Å². The first kappa shape index (κ1) is 29.0. The monoisotopic (exact) mass is 619 g/mol. The molecule has 0 bridgehead atoms. The zero-order chi connectivity index (χ0) is 30.2. The van der Waals surface area contributed by atoms with Crippen molar-refractivity contribution in [3.63, 3.8) is 0 Å². The van der Waals surface area contributed by atoms with Gasteiger partial charge >= 0.3 is 0 Å². The SMILES string of the molecule is CCc1nc2sc(N3CC[C@H](N(C)CC(=O)N4CC(OC=O)C4)C3)nn2c1N(C)c1nc(-c2ccc(C)cc2)c(C#N)s1. The lowest BCUT2D eigenvalue weighted by Crippen LogP contribution is -2.57. The number of imidazole rings is 1. The van der Waals surface area contributed by atoms with Crippen LogP contribution in [0.25, 0.3) is 16.2 Å². The average molecular weight is 620 g/mol. The summed E-state index contributed by atoms with van der Waals surface area (Å²) in [5.74, 6) is 0.894. The van der Waals surface area contributed by atoms with Gasteiger partial charge in [0.2, 0.25) is 16.0 Å². The summed E-state index contributed by atoms with van der Waals surface area (Å²) >= 11 is 2.92. The number of benzene rings is 1. The fraction of sp³-hybridized carbons (Fsp3) is 0.448. The van der Waals surface area contributed by atoms with Gasteiger partial charge < -0.3 is 19.4 Å². The third kappa shape index (κ3) is 5.55. The predicted octanol–water partition coefficient (Wildman–Crippen LogP) is 3.32. The number of rotatable bonds is 10. The average Bonchev–Trinajstić information content (AvgIpc) is 3.76. The molecule has 224 valence electrons. The summed E-state index contributed by atoms with van der Waals surface area (Å²) in [5.41, 5.74) is 3.67. The van der Waals surface area contributed by atoms with Crippen molar-refractivity contribution in [3.05, 3.63) is 40.4 Å². The van der Waals surface area contributed by atoms with Gasteiger partial charge in [-0.2, -0.15) is 9.78 Å². The Morgan fingerprint density at radius 2 is 1.95 bits per heavy atom. The Bertz CT molecular complexity index is 1680. The van der Waals surface area contributed by atoms with E-state index in [9.17, 15) is 14.9 Å². The molecule has 6 rings (SSSR count). The lowest BCUT2D eigenvalue weighted by atomic mass is 10.1. The largest absolute Gasteiger partial charge is 0.461 e. The number of likely N-dealkylation sites (tertiary alicyclic amines) is 1. The Morgan fingerprint density at radius 1 is 1.19 bits per heavy atom. The van der Waals surface area contributed by atoms with Crippen LogP contribution < -0.4 is 9.80 Å². The summed E-state index contributed by atoms with van der Waals surface area (Å²) in [6.07, 6.45) is 1.47. The van der Waals surface area contributed by atoms with Gasteiger partial charge in [0.05, 0.1) is 25.3 Å². The van der Waals surface area contributed by atoms with Crippen LogP contribution in [0, 0.1) is 18.3 Å². The molecule has 12 nitrogen and oxygen atoms in total. The van der Waals surface area contributed by atoms with E-state index in [1.807, 2.05) is 54.7 Å². The van der Waals surface area contributed by atoms with E-state index in [0.29, 0.717) is 41.8 Å². The third-order valence-electron chi connectivity index (χ3n) is 8.11. The molecule has 2 fully saturated rings. The van der Waals surface area contributed by atoms with Gasteiger partial charge in [-0.05, 0) is 26.8 Å². The number of fused-ring (bicyclic) bond motifs is 1. The second kappa shape index (κ2) is 11.9. The van der Waals surface area contributed by atoms with Gasteiger partial charge in [0, 0.05) is 31.7 Å². The number of anilines is 3. The molecule has 2 aliphatic heterocycles. The van der Waals surface area contributed by atoms with Crippen molar-refractivity contribution in [3.8, 4) is 17.3 Å². The first-order chi connectivity index (χ1) is 20.8. The fourth-order valence-electron chi connectivity index (χ4n) is 5.52. The molecule has 1 aromatic carbocycles. The van der Waals surface area contributed by atoms with E-state index < -0.39 is 0 Å². The Hall–Kier alpha value is -4.06. The molecule has 1 amide bonds. The molecule has 5 heterocycles. The number of nitriles is 1. The van der Waals surface area contributed by atoms with Gasteiger partial charge in [-0.1, -0.05) is 59.4 Å². The molecule has 0 N–H and O–H groups in total. The van der Waals surface area contributed by atoms with Crippen LogP contribution in [0.4, 0.5) is 16.1 Å². The number of thiazole rings is 1. The fourth-order valence-corrected chi connectivity index (χ4v) is 7.32. The van der Waals surface area contributed by atoms with Crippen LogP contribution in [0.15, 0.2) is 24.3 Å². The Balaban J connectivity index is 1.18. The van der Waals surface area contributed by atoms with Gasteiger partial charge in [-0.25, -0.2) is 9.97 Å². The van der Waals surface area contributed by atoms with Crippen molar-refractivity contribution >= 4 is 56.1 Å². The maximum Gasteiger partial charge on any atom is 0.293 e. The van der Waals surface area contributed by atoms with E-state index in [-0.39, 0.29) is 18.1 Å². The Morgan fingerprint density at radius 3 is 2.65 bits per heavy atom. The highest BCUT2D eigenvalue weighted by Crippen LogP contribution is 2.38. The number of carbonyl (C=O) groups excluding carboxylic acids is 2. The predicted molar refractivity (Wildman–Crippen MR) is 166 cm³/mol. The molecule has 43 heavy (non-hydrogen) atoms. The third-order valence-corrected chi connectivity index (χ3v) is 10.1. The molecule has 2 saturated heterocycles. The topological polar surface area (TPSA) is 123 Å². The maximum absolute atomic E-state index is 12.7. The van der Waals surface area contributed by atoms with E-state index in [1.165, 1.54) is 11.3 Å². The van der Waals surface area contributed by atoms with E-state index in [0.717, 1.165) is 58.7 Å². The number of aromatic nitrogens is 4. The van der Waals surface area contributed by atoms with E-state index in [4.69, 9.17) is 19.8 Å². The minimum absolute atomic E-state index is 0.0477. The van der Waals surface area contributed by atoms with E-state index in [1.54, 1.807) is 16.2 Å². The quantitative estimate of drug-likeness (QED) is 0.244. The number of hydrogen-bond acceptors (Lipinski definition) is 12. The number of nitrogens with zero attached hydrogens (tertiary/aromatic N) is 9. The first-order valence-corrected chi connectivity index (χ1v) is 15.8. The highest BCUT2D eigenvalue weighted by molar-refractivity contribution is 7.20. The summed E-state index contributed by atoms with van der Waals surface area (Å²) in [5, 5.41) is 16.4. The Labute approximate surface area is 257 Å². The molecule has 0 saturated carbocycles. The van der Waals surface area contributed by atoms with E-state index in [2.05, 4.69) is 22.8 Å². The molecule has 0 unspecified atom stereocenters. The molecule has 0 radical (unpaired) electrons. The molecule has 0 aliphatic carbocycles. The van der Waals surface area contributed by atoms with Crippen LogP contribution in [0.5, 0.6) is 0 Å². The van der Waals surface area contributed by atoms with E-state index >= 15 is 0 Å². The van der Waals surface area contributed by atoms with Gasteiger partial charge in [0.15, 0.2) is 10.9 Å². The van der Waals surface area contributed by atoms with Crippen molar-refractivity contribution in [1.82, 2.24) is 29.4 Å². The van der Waals surface area contributed by atoms with Crippen molar-refractivity contribution < 1.29 is 14.3 Å². The van der Waals surface area contributed by atoms with Crippen molar-refractivity contribution in [1.29, 1.82) is 5.26 Å². The molecule has 14 heteroatoms. The van der Waals surface area contributed by atoms with Crippen molar-refractivity contribution in [2.75, 3.05) is 56.6 Å². The van der Waals surface area contributed by atoms with Crippen molar-refractivity contribution in [2.24, 2.45) is 0 Å². The van der Waals surface area contributed by atoms with Gasteiger partial charge in [0.1, 0.15) is 22.7 Å². The lowest BCUT2D eigenvalue weighted by molar-refractivity contribution is -0.154. The van der Waals surface area contributed by atoms with Gasteiger partial charge in [0.25, 0.3) is 6.47 Å². The van der Waals surface area contributed by atoms with Crippen LogP contribution in [-0.4, -0.2) is 101 Å². The summed E-state index contributed by atoms with van der Waals surface area (Å²) in [7, 11) is 3.93. The van der Waals surface area contributed by atoms with Crippen LogP contribution in [-0.2, 0) is 20.7 Å². The van der Waals surface area contributed by atoms with Crippen LogP contribution >= 0.6 is 22.7 Å². The van der Waals surface area contributed by atoms with Gasteiger partial charge in [-0.15, -0.1) is 5.10 Å². The number of hydrogen-bond donors (Lipinski definition) is 0. The molecule has 2 aliphatic rings. The minimum atomic E-state index is -0.186. The summed E-state index contributed by atoms with van der Waals surface area (Å²) < 4.78 is 6.80. The normalized spacial score (nSPS) is 17.0. The highest BCUT2D eigenvalue weighted by Gasteiger charge is 2.35. The molecule has 3 aromatic heterocycles. The second-order valence-electron chi connectivity index (χ2n) is 11.0. The second-order valence-corrected chi connectivity index (χ2v) is 12.9. The first-order valence-electron chi connectivity index (χ1n) is 14.2. The van der Waals surface area contributed by atoms with Crippen LogP contribution in [0.2, 0.25) is 0 Å². The maximum atomic E-state index is 12.7. The summed E-state index contributed by atoms with van der Waals surface area (Å²) in [4.78, 5) is 42.4. The summed E-state index contributed by atoms with van der Waals surface area (Å²) in [6, 6.07) is 10.6. The molecular weight excluding hydrogens is 587 g/mol. The molecule has 1 atom stereocenters. The standard InChI is InChI=1S/C29H33N9O3S2/c1-5-22-26(35(4)27-32-25(23(12-30)42-27)19-8-6-18(2)7-9-19)38-28(31-22)43-29(33-38)36-11-10-20(13-36)34(3)16-24(40)37-14-21(15-37)41-17-39/h6-9,17,20-21H,5,10-11,13-16H2,1-4H3/t20-/m0/s1. The lowest BCUT2D eigenvalue weighted by Gasteiger charge is -2.38. The molecule has 0 spiro atoms. The number of carbonyl (C=O) groups is 2. The minimum Gasteiger partial charge on any atom is -0.461 e. The molecular formula is C29H33N9O3S2. The zero-order valence-corrected chi connectivity index (χ0v) is 26.2. The number of likely N-dealkylation sites (N-methyl/N-ethyl adjacent to an activating group) is 1. The zero-order valence-electron chi connectivity index (χ0n) is 24.6. The van der Waals surface area contributed by atoms with Crippen LogP contribution in [0.3, 0.4) is 0 Å².